The van der Waals surface area contributed by atoms with Crippen LogP contribution in [0.2, 0.25) is 0 Å². The molecule has 3 heteroatoms. The maximum absolute atomic E-state index is 11.6. The monoisotopic (exact) mass is 283 g/mol. The number of rotatable bonds is 4. The van der Waals surface area contributed by atoms with Gasteiger partial charge in [0.2, 0.25) is 5.91 Å². The van der Waals surface area contributed by atoms with Crippen LogP contribution in [0.15, 0.2) is 24.3 Å². The lowest BCUT2D eigenvalue weighted by Crippen LogP contribution is -2.41. The number of benzene rings is 1. The van der Waals surface area contributed by atoms with Crippen molar-refractivity contribution < 1.29 is 4.79 Å². The van der Waals surface area contributed by atoms with Crippen molar-refractivity contribution in [2.75, 3.05) is 5.33 Å². The molecule has 0 aromatic heterocycles. The van der Waals surface area contributed by atoms with Crippen LogP contribution in [0, 0.1) is 6.92 Å². The summed E-state index contributed by atoms with van der Waals surface area (Å²) in [5.41, 5.74) is 2.05. The number of aryl methyl sites for hydroxylation is 1. The number of hydrogen-bond donors (Lipinski definition) is 1. The van der Waals surface area contributed by atoms with E-state index in [-0.39, 0.29) is 11.4 Å². The Hall–Kier alpha value is -0.830. The molecule has 1 aromatic carbocycles. The van der Waals surface area contributed by atoms with Gasteiger partial charge in [0.15, 0.2) is 0 Å². The molecule has 0 saturated heterocycles. The highest BCUT2D eigenvalue weighted by molar-refractivity contribution is 9.09. The maximum atomic E-state index is 11.6. The van der Waals surface area contributed by atoms with Crippen molar-refractivity contribution in [1.29, 1.82) is 0 Å². The molecule has 2 nitrogen and oxygen atoms in total. The highest BCUT2D eigenvalue weighted by atomic mass is 79.9. The predicted molar refractivity (Wildman–Crippen MR) is 70.8 cm³/mol. The normalized spacial score (nSPS) is 11.2. The second-order valence-corrected chi connectivity index (χ2v) is 5.22. The fourth-order valence-corrected chi connectivity index (χ4v) is 2.20. The predicted octanol–water partition coefficient (Wildman–Crippen LogP) is 3.13. The van der Waals surface area contributed by atoms with Crippen LogP contribution in [-0.2, 0) is 10.3 Å². The molecule has 0 aliphatic carbocycles. The minimum absolute atomic E-state index is 0.0742. The molecule has 0 fully saturated rings. The van der Waals surface area contributed by atoms with Crippen LogP contribution in [-0.4, -0.2) is 11.2 Å². The first-order valence-electron chi connectivity index (χ1n) is 5.40. The molecule has 16 heavy (non-hydrogen) atoms. The molecule has 0 radical (unpaired) electrons. The molecule has 0 aliphatic rings. The van der Waals surface area contributed by atoms with Gasteiger partial charge >= 0.3 is 0 Å². The number of alkyl halides is 1. The first kappa shape index (κ1) is 13.2. The Morgan fingerprint density at radius 3 is 2.56 bits per heavy atom. The Morgan fingerprint density at radius 2 is 2.00 bits per heavy atom. The third-order valence-electron chi connectivity index (χ3n) is 2.59. The van der Waals surface area contributed by atoms with Crippen LogP contribution < -0.4 is 5.32 Å². The van der Waals surface area contributed by atoms with E-state index in [9.17, 15) is 4.79 Å². The van der Waals surface area contributed by atoms with Crippen LogP contribution in [0.25, 0.3) is 0 Å². The molecule has 0 saturated carbocycles. The van der Waals surface area contributed by atoms with Gasteiger partial charge in [-0.2, -0.15) is 0 Å². The molecule has 0 aliphatic heterocycles. The highest BCUT2D eigenvalue weighted by Gasteiger charge is 2.23. The fraction of sp³-hybridized carbons (Fsp3) is 0.462. The topological polar surface area (TPSA) is 29.1 Å². The molecule has 1 amide bonds. The summed E-state index contributed by atoms with van der Waals surface area (Å²) in [5, 5.41) is 3.74. The number of amides is 1. The molecule has 0 spiro atoms. The van der Waals surface area contributed by atoms with Gasteiger partial charge in [-0.05, 0) is 31.9 Å². The zero-order chi connectivity index (χ0) is 12.2. The molecule has 1 rings (SSSR count). The van der Waals surface area contributed by atoms with Crippen molar-refractivity contribution in [3.63, 3.8) is 0 Å². The van der Waals surface area contributed by atoms with Gasteiger partial charge in [0.1, 0.15) is 0 Å². The molecule has 1 N–H and O–H groups in total. The second kappa shape index (κ2) is 5.48. The summed E-state index contributed by atoms with van der Waals surface area (Å²) in [6.07, 6.45) is 0.509. The molecule has 88 valence electrons. The second-order valence-electron chi connectivity index (χ2n) is 4.43. The summed E-state index contributed by atoms with van der Waals surface area (Å²) >= 11 is 3.27. The van der Waals surface area contributed by atoms with Crippen LogP contribution in [0.5, 0.6) is 0 Å². The summed E-state index contributed by atoms with van der Waals surface area (Å²) in [5.74, 6) is 0.0742. The van der Waals surface area contributed by atoms with Gasteiger partial charge in [0.25, 0.3) is 0 Å². The van der Waals surface area contributed by atoms with E-state index in [0.717, 1.165) is 5.56 Å². The van der Waals surface area contributed by atoms with Crippen molar-refractivity contribution >= 4 is 21.8 Å². The minimum atomic E-state index is -0.315. The fourth-order valence-electron chi connectivity index (χ4n) is 1.84. The summed E-state index contributed by atoms with van der Waals surface area (Å²) in [7, 11) is 0. The third-order valence-corrected chi connectivity index (χ3v) is 2.99. The Kier molecular flexibility index (Phi) is 4.54. The van der Waals surface area contributed by atoms with Crippen molar-refractivity contribution in [2.24, 2.45) is 0 Å². The number of nitrogens with one attached hydrogen (secondary N) is 1. The molecule has 0 atom stereocenters. The summed E-state index contributed by atoms with van der Waals surface area (Å²) < 4.78 is 0. The van der Waals surface area contributed by atoms with Crippen molar-refractivity contribution in [3.05, 3.63) is 35.4 Å². The SMILES string of the molecule is Cc1ccccc1C(C)(C)NC(=O)CCBr. The van der Waals surface area contributed by atoms with Crippen LogP contribution in [0.4, 0.5) is 0 Å². The lowest BCUT2D eigenvalue weighted by atomic mass is 9.90. The van der Waals surface area contributed by atoms with Crippen LogP contribution in [0.3, 0.4) is 0 Å². The van der Waals surface area contributed by atoms with Crippen LogP contribution >= 0.6 is 15.9 Å². The van der Waals surface area contributed by atoms with E-state index in [2.05, 4.69) is 40.3 Å². The number of hydrogen-bond acceptors (Lipinski definition) is 1. The average molecular weight is 284 g/mol. The van der Waals surface area contributed by atoms with Gasteiger partial charge in [-0.25, -0.2) is 0 Å². The zero-order valence-electron chi connectivity index (χ0n) is 10.0. The highest BCUT2D eigenvalue weighted by Crippen LogP contribution is 2.23. The van der Waals surface area contributed by atoms with E-state index >= 15 is 0 Å². The van der Waals surface area contributed by atoms with Gasteiger partial charge in [-0.1, -0.05) is 40.2 Å². The Balaban J connectivity index is 2.85. The first-order valence-corrected chi connectivity index (χ1v) is 6.52. The van der Waals surface area contributed by atoms with E-state index in [4.69, 9.17) is 0 Å². The van der Waals surface area contributed by atoms with Crippen molar-refractivity contribution in [1.82, 2.24) is 5.32 Å². The molecule has 0 heterocycles. The van der Waals surface area contributed by atoms with E-state index in [1.165, 1.54) is 5.56 Å². The van der Waals surface area contributed by atoms with E-state index < -0.39 is 0 Å². The molecule has 0 bridgehead atoms. The Bertz CT molecular complexity index is 374. The van der Waals surface area contributed by atoms with Crippen molar-refractivity contribution in [2.45, 2.75) is 32.7 Å². The molecular weight excluding hydrogens is 266 g/mol. The van der Waals surface area contributed by atoms with Gasteiger partial charge in [0, 0.05) is 11.8 Å². The summed E-state index contributed by atoms with van der Waals surface area (Å²) in [4.78, 5) is 11.6. The smallest absolute Gasteiger partial charge is 0.221 e. The van der Waals surface area contributed by atoms with Gasteiger partial charge in [-0.15, -0.1) is 0 Å². The minimum Gasteiger partial charge on any atom is -0.347 e. The van der Waals surface area contributed by atoms with Gasteiger partial charge in [0.05, 0.1) is 5.54 Å². The Labute approximate surface area is 106 Å². The summed E-state index contributed by atoms with van der Waals surface area (Å²) in [6, 6.07) is 8.13. The zero-order valence-corrected chi connectivity index (χ0v) is 11.6. The first-order chi connectivity index (χ1) is 7.47. The van der Waals surface area contributed by atoms with E-state index in [1.807, 2.05) is 26.0 Å². The van der Waals surface area contributed by atoms with Gasteiger partial charge < -0.3 is 5.32 Å². The van der Waals surface area contributed by atoms with Crippen molar-refractivity contribution in [3.8, 4) is 0 Å². The number of halogens is 1. The largest absolute Gasteiger partial charge is 0.347 e. The lowest BCUT2D eigenvalue weighted by molar-refractivity contribution is -0.122. The molecular formula is C13H18BrNO. The van der Waals surface area contributed by atoms with E-state index in [1.54, 1.807) is 0 Å². The molecule has 0 unspecified atom stereocenters. The summed E-state index contributed by atoms with van der Waals surface area (Å²) in [6.45, 7) is 6.12. The standard InChI is InChI=1S/C13H18BrNO/c1-10-6-4-5-7-11(10)13(2,3)15-12(16)8-9-14/h4-7H,8-9H2,1-3H3,(H,15,16). The Morgan fingerprint density at radius 1 is 1.38 bits per heavy atom. The van der Waals surface area contributed by atoms with Gasteiger partial charge in [-0.3, -0.25) is 4.79 Å². The number of carbonyl (C=O) groups is 1. The maximum Gasteiger partial charge on any atom is 0.221 e. The third kappa shape index (κ3) is 3.34. The molecule has 1 aromatic rings. The average Bonchev–Trinajstić information content (AvgIpc) is 2.17. The van der Waals surface area contributed by atoms with E-state index in [0.29, 0.717) is 11.8 Å². The lowest BCUT2D eigenvalue weighted by Gasteiger charge is -2.28. The number of carbonyl (C=O) groups excluding carboxylic acids is 1. The quantitative estimate of drug-likeness (QED) is 0.846. The van der Waals surface area contributed by atoms with Crippen LogP contribution in [0.1, 0.15) is 31.4 Å².